The molecular weight excluding hydrogens is 400 g/mol. The van der Waals surface area contributed by atoms with E-state index in [9.17, 15) is 22.4 Å². The highest BCUT2D eigenvalue weighted by Crippen LogP contribution is 2.35. The topological polar surface area (TPSA) is 82.0 Å². The molecule has 28 heavy (non-hydrogen) atoms. The second-order valence-electron chi connectivity index (χ2n) is 5.63. The van der Waals surface area contributed by atoms with Crippen LogP contribution >= 0.6 is 11.8 Å². The van der Waals surface area contributed by atoms with Gasteiger partial charge in [-0.3, -0.25) is 10.2 Å². The standard InChI is InChI=1S/C17H8F4N4O2S/c18-9-3-1-8(2-4-9)12-6-5-10(27-12)7-11-13(22)25-16(23-14(11)26)28-15(24-25)17(19,20)21/h1-7,22H/b11-7+,22-13?. The second kappa shape index (κ2) is 6.44. The van der Waals surface area contributed by atoms with Gasteiger partial charge in [0, 0.05) is 5.56 Å². The number of nitrogens with one attached hydrogen (secondary N) is 1. The molecule has 2 aliphatic heterocycles. The van der Waals surface area contributed by atoms with Crippen LogP contribution in [0.3, 0.4) is 0 Å². The van der Waals surface area contributed by atoms with Gasteiger partial charge in [0.15, 0.2) is 5.84 Å². The van der Waals surface area contributed by atoms with Gasteiger partial charge in [0.05, 0.1) is 5.57 Å². The molecule has 4 rings (SSSR count). The van der Waals surface area contributed by atoms with E-state index in [0.717, 1.165) is 0 Å². The lowest BCUT2D eigenvalue weighted by Gasteiger charge is -2.19. The van der Waals surface area contributed by atoms with Crippen molar-refractivity contribution in [2.45, 2.75) is 6.18 Å². The Labute approximate surface area is 158 Å². The van der Waals surface area contributed by atoms with E-state index in [1.54, 1.807) is 6.07 Å². The number of hydrazone groups is 1. The fourth-order valence-corrected chi connectivity index (χ4v) is 3.21. The number of amides is 1. The summed E-state index contributed by atoms with van der Waals surface area (Å²) in [6, 6.07) is 8.61. The zero-order valence-corrected chi connectivity index (χ0v) is 14.4. The number of hydrogen-bond donors (Lipinski definition) is 1. The number of carbonyl (C=O) groups excluding carboxylic acids is 1. The van der Waals surface area contributed by atoms with Gasteiger partial charge in [-0.05, 0) is 54.2 Å². The number of fused-ring (bicyclic) bond motifs is 1. The first kappa shape index (κ1) is 18.2. The number of hydrogen-bond acceptors (Lipinski definition) is 5. The molecule has 0 atom stereocenters. The number of furan rings is 1. The monoisotopic (exact) mass is 408 g/mol. The van der Waals surface area contributed by atoms with Crippen molar-refractivity contribution < 1.29 is 26.8 Å². The third-order valence-electron chi connectivity index (χ3n) is 3.74. The van der Waals surface area contributed by atoms with E-state index in [-0.39, 0.29) is 28.3 Å². The zero-order valence-electron chi connectivity index (χ0n) is 13.6. The Bertz CT molecular complexity index is 1080. The van der Waals surface area contributed by atoms with Crippen LogP contribution in [-0.4, -0.2) is 33.1 Å². The van der Waals surface area contributed by atoms with Crippen molar-refractivity contribution in [2.75, 3.05) is 0 Å². The van der Waals surface area contributed by atoms with E-state index in [1.807, 2.05) is 0 Å². The first-order valence-corrected chi connectivity index (χ1v) is 8.47. The van der Waals surface area contributed by atoms with Gasteiger partial charge in [0.2, 0.25) is 10.2 Å². The summed E-state index contributed by atoms with van der Waals surface area (Å²) < 4.78 is 57.0. The molecule has 0 fully saturated rings. The average Bonchev–Trinajstić information content (AvgIpc) is 3.26. The molecule has 0 aliphatic carbocycles. The fraction of sp³-hybridized carbons (Fsp3) is 0.0588. The molecule has 0 bridgehead atoms. The van der Waals surface area contributed by atoms with E-state index in [4.69, 9.17) is 9.83 Å². The van der Waals surface area contributed by atoms with E-state index >= 15 is 0 Å². The summed E-state index contributed by atoms with van der Waals surface area (Å²) in [6.07, 6.45) is -3.51. The molecular formula is C17H8F4N4O2S. The van der Waals surface area contributed by atoms with Crippen molar-refractivity contribution >= 4 is 39.8 Å². The van der Waals surface area contributed by atoms with Crippen molar-refractivity contribution in [1.29, 1.82) is 5.41 Å². The summed E-state index contributed by atoms with van der Waals surface area (Å²) >= 11 is 0.178. The van der Waals surface area contributed by atoms with Crippen LogP contribution < -0.4 is 0 Å². The van der Waals surface area contributed by atoms with E-state index < -0.39 is 28.8 Å². The molecule has 1 N–H and O–H groups in total. The number of rotatable bonds is 2. The summed E-state index contributed by atoms with van der Waals surface area (Å²) in [5.41, 5.74) is 0.322. The molecule has 0 radical (unpaired) electrons. The Morgan fingerprint density at radius 2 is 1.86 bits per heavy atom. The summed E-state index contributed by atoms with van der Waals surface area (Å²) in [5.74, 6) is -1.25. The molecule has 3 heterocycles. The van der Waals surface area contributed by atoms with Crippen LogP contribution in [0.15, 0.2) is 56.5 Å². The number of amidine groups is 2. The minimum atomic E-state index is -4.71. The highest BCUT2D eigenvalue weighted by atomic mass is 32.2. The Kier molecular flexibility index (Phi) is 4.18. The third kappa shape index (κ3) is 3.24. The number of nitrogens with zero attached hydrogens (tertiary/aromatic N) is 3. The molecule has 1 aromatic heterocycles. The van der Waals surface area contributed by atoms with Crippen LogP contribution in [-0.2, 0) is 4.79 Å². The lowest BCUT2D eigenvalue weighted by Crippen LogP contribution is -2.35. The Balaban J connectivity index is 1.64. The predicted octanol–water partition coefficient (Wildman–Crippen LogP) is 4.27. The number of carbonyl (C=O) groups is 1. The maximum Gasteiger partial charge on any atom is 0.441 e. The Morgan fingerprint density at radius 3 is 2.54 bits per heavy atom. The SMILES string of the molecule is N=C1/C(=C\c2ccc(-c3ccc(F)cc3)o2)C(=O)N=C2SC(C(F)(F)F)=NN12. The lowest BCUT2D eigenvalue weighted by molar-refractivity contribution is -0.114. The molecule has 142 valence electrons. The van der Waals surface area contributed by atoms with Gasteiger partial charge in [-0.2, -0.15) is 28.3 Å². The second-order valence-corrected chi connectivity index (χ2v) is 6.59. The van der Waals surface area contributed by atoms with Crippen molar-refractivity contribution in [3.63, 3.8) is 0 Å². The minimum Gasteiger partial charge on any atom is -0.457 e. The molecule has 11 heteroatoms. The molecule has 0 saturated heterocycles. The highest BCUT2D eigenvalue weighted by Gasteiger charge is 2.46. The van der Waals surface area contributed by atoms with E-state index in [0.29, 0.717) is 16.3 Å². The van der Waals surface area contributed by atoms with Crippen LogP contribution in [0.5, 0.6) is 0 Å². The van der Waals surface area contributed by atoms with Crippen LogP contribution in [0.1, 0.15) is 5.76 Å². The number of alkyl halides is 3. The number of halogens is 4. The largest absolute Gasteiger partial charge is 0.457 e. The van der Waals surface area contributed by atoms with Crippen molar-refractivity contribution in [3.8, 4) is 11.3 Å². The van der Waals surface area contributed by atoms with Gasteiger partial charge in [-0.1, -0.05) is 0 Å². The minimum absolute atomic E-state index is 0.178. The van der Waals surface area contributed by atoms with Crippen molar-refractivity contribution in [2.24, 2.45) is 10.1 Å². The van der Waals surface area contributed by atoms with E-state index in [1.165, 1.54) is 36.4 Å². The smallest absolute Gasteiger partial charge is 0.441 e. The van der Waals surface area contributed by atoms with Gasteiger partial charge in [-0.15, -0.1) is 0 Å². The Morgan fingerprint density at radius 1 is 1.14 bits per heavy atom. The molecule has 0 unspecified atom stereocenters. The van der Waals surface area contributed by atoms with Crippen LogP contribution in [0.25, 0.3) is 17.4 Å². The van der Waals surface area contributed by atoms with E-state index in [2.05, 4.69) is 10.1 Å². The number of benzene rings is 1. The predicted molar refractivity (Wildman–Crippen MR) is 95.2 cm³/mol. The fourth-order valence-electron chi connectivity index (χ4n) is 2.45. The summed E-state index contributed by atoms with van der Waals surface area (Å²) in [6.45, 7) is 0. The van der Waals surface area contributed by atoms with Gasteiger partial charge in [0.1, 0.15) is 17.3 Å². The first-order chi connectivity index (χ1) is 13.2. The van der Waals surface area contributed by atoms with Gasteiger partial charge in [-0.25, -0.2) is 4.39 Å². The van der Waals surface area contributed by atoms with Gasteiger partial charge < -0.3 is 4.42 Å². The quantitative estimate of drug-likeness (QED) is 0.595. The highest BCUT2D eigenvalue weighted by molar-refractivity contribution is 8.27. The normalized spacial score (nSPS) is 18.4. The molecule has 2 aromatic rings. The van der Waals surface area contributed by atoms with Crippen LogP contribution in [0, 0.1) is 11.2 Å². The Hall–Kier alpha value is -3.21. The zero-order chi connectivity index (χ0) is 20.1. The molecule has 0 saturated carbocycles. The van der Waals surface area contributed by atoms with Gasteiger partial charge >= 0.3 is 6.18 Å². The molecule has 0 spiro atoms. The lowest BCUT2D eigenvalue weighted by atomic mass is 10.1. The summed E-state index contributed by atoms with van der Waals surface area (Å²) in [7, 11) is 0. The first-order valence-electron chi connectivity index (χ1n) is 7.65. The maximum absolute atomic E-state index is 13.0. The molecule has 2 aliphatic rings. The van der Waals surface area contributed by atoms with Crippen molar-refractivity contribution in [1.82, 2.24) is 5.01 Å². The average molecular weight is 408 g/mol. The van der Waals surface area contributed by atoms with Crippen LogP contribution in [0.4, 0.5) is 17.6 Å². The maximum atomic E-state index is 13.0. The van der Waals surface area contributed by atoms with Gasteiger partial charge in [0.25, 0.3) is 5.91 Å². The summed E-state index contributed by atoms with van der Waals surface area (Å²) in [5, 5.41) is 10.5. The van der Waals surface area contributed by atoms with Crippen LogP contribution in [0.2, 0.25) is 0 Å². The van der Waals surface area contributed by atoms with Crippen molar-refractivity contribution in [3.05, 3.63) is 53.5 Å². The third-order valence-corrected chi connectivity index (χ3v) is 4.69. The molecule has 6 nitrogen and oxygen atoms in total. The molecule has 1 amide bonds. The number of aliphatic imine (C=N–C) groups is 1. The summed E-state index contributed by atoms with van der Waals surface area (Å²) in [4.78, 5) is 15.7. The molecule has 1 aromatic carbocycles. The number of thioether (sulfide) groups is 1.